The lowest BCUT2D eigenvalue weighted by atomic mass is 9.91. The Morgan fingerprint density at radius 1 is 1.40 bits per heavy atom. The van der Waals surface area contributed by atoms with E-state index in [1.165, 1.54) is 19.3 Å². The zero-order valence-corrected chi connectivity index (χ0v) is 7.43. The molecule has 0 fully saturated rings. The predicted octanol–water partition coefficient (Wildman–Crippen LogP) is 2.57. The van der Waals surface area contributed by atoms with Gasteiger partial charge in [-0.05, 0) is 0 Å². The van der Waals surface area contributed by atoms with Crippen LogP contribution in [0.4, 0.5) is 0 Å². The van der Waals surface area contributed by atoms with Crippen molar-refractivity contribution in [3.63, 3.8) is 0 Å². The Kier molecular flexibility index (Phi) is 5.70. The highest BCUT2D eigenvalue weighted by Gasteiger charge is 2.01. The van der Waals surface area contributed by atoms with Gasteiger partial charge in [-0.25, -0.2) is 0 Å². The van der Waals surface area contributed by atoms with Crippen molar-refractivity contribution >= 4 is 0 Å². The molecule has 0 rings (SSSR count). The monoisotopic (exact) mass is 142 g/mol. The van der Waals surface area contributed by atoms with E-state index < -0.39 is 0 Å². The molecule has 0 amide bonds. The van der Waals surface area contributed by atoms with Crippen LogP contribution in [0.2, 0.25) is 0 Å². The average molecular weight is 142 g/mol. The molecule has 0 spiro atoms. The summed E-state index contributed by atoms with van der Waals surface area (Å²) in [5.41, 5.74) is 5.49. The van der Waals surface area contributed by atoms with E-state index in [4.69, 9.17) is 5.73 Å². The normalized spacial score (nSPS) is 14.1. The minimum atomic E-state index is 0.625. The summed E-state index contributed by atoms with van der Waals surface area (Å²) in [6.07, 6.45) is 3.83. The van der Waals surface area contributed by atoms with Crippen LogP contribution in [0.3, 0.4) is 0 Å². The first-order valence-electron chi connectivity index (χ1n) is 4.27. The maximum absolute atomic E-state index is 5.49. The standard InChI is InChI=1S/C9H20N/c1-4-5-6-9(7-10)8(2)3/h7-9H,4-6,10H2,1-3H3/q-1. The van der Waals surface area contributed by atoms with E-state index in [0.717, 1.165) is 0 Å². The van der Waals surface area contributed by atoms with Crippen LogP contribution in [-0.2, 0) is 0 Å². The highest BCUT2D eigenvalue weighted by Crippen LogP contribution is 2.18. The van der Waals surface area contributed by atoms with Gasteiger partial charge < -0.3 is 5.73 Å². The maximum Gasteiger partial charge on any atom is -0.0557 e. The summed E-state index contributed by atoms with van der Waals surface area (Å²) in [6.45, 7) is 8.52. The van der Waals surface area contributed by atoms with E-state index in [-0.39, 0.29) is 0 Å². The number of rotatable bonds is 5. The fraction of sp³-hybridized carbons (Fsp3) is 0.889. The molecule has 2 N–H and O–H groups in total. The van der Waals surface area contributed by atoms with E-state index in [1.807, 2.05) is 6.54 Å². The molecule has 10 heavy (non-hydrogen) atoms. The van der Waals surface area contributed by atoms with Crippen molar-refractivity contribution in [3.05, 3.63) is 6.54 Å². The predicted molar refractivity (Wildman–Crippen MR) is 46.3 cm³/mol. The quantitative estimate of drug-likeness (QED) is 0.587. The van der Waals surface area contributed by atoms with Crippen LogP contribution in [0.15, 0.2) is 0 Å². The van der Waals surface area contributed by atoms with Crippen molar-refractivity contribution in [1.29, 1.82) is 0 Å². The van der Waals surface area contributed by atoms with E-state index in [1.54, 1.807) is 0 Å². The number of unbranched alkanes of at least 4 members (excludes halogenated alkanes) is 1. The number of hydrogen-bond donors (Lipinski definition) is 1. The molecule has 62 valence electrons. The van der Waals surface area contributed by atoms with Crippen LogP contribution in [0, 0.1) is 18.4 Å². The molecule has 0 aromatic heterocycles. The van der Waals surface area contributed by atoms with Gasteiger partial charge in [0.2, 0.25) is 0 Å². The summed E-state index contributed by atoms with van der Waals surface area (Å²) in [4.78, 5) is 0. The van der Waals surface area contributed by atoms with Crippen molar-refractivity contribution in [2.75, 3.05) is 0 Å². The van der Waals surface area contributed by atoms with Crippen molar-refractivity contribution in [1.82, 2.24) is 0 Å². The van der Waals surface area contributed by atoms with E-state index >= 15 is 0 Å². The molecule has 1 atom stereocenters. The first-order valence-corrected chi connectivity index (χ1v) is 4.27. The zero-order valence-electron chi connectivity index (χ0n) is 7.43. The van der Waals surface area contributed by atoms with Crippen molar-refractivity contribution in [2.45, 2.75) is 40.0 Å². The molecular formula is C9H20N-. The maximum atomic E-state index is 5.49. The minimum Gasteiger partial charge on any atom is -0.483 e. The Morgan fingerprint density at radius 3 is 2.30 bits per heavy atom. The largest absolute Gasteiger partial charge is 0.483 e. The van der Waals surface area contributed by atoms with Gasteiger partial charge in [0, 0.05) is 0 Å². The van der Waals surface area contributed by atoms with Gasteiger partial charge in [-0.1, -0.05) is 46.0 Å². The van der Waals surface area contributed by atoms with Gasteiger partial charge in [0.1, 0.15) is 0 Å². The van der Waals surface area contributed by atoms with Crippen molar-refractivity contribution < 1.29 is 0 Å². The third kappa shape index (κ3) is 3.89. The second-order valence-electron chi connectivity index (χ2n) is 3.24. The molecule has 0 radical (unpaired) electrons. The lowest BCUT2D eigenvalue weighted by molar-refractivity contribution is 0.394. The third-order valence-corrected chi connectivity index (χ3v) is 1.99. The Hall–Kier alpha value is -0.0400. The number of nitrogens with two attached hydrogens (primary N) is 1. The van der Waals surface area contributed by atoms with Gasteiger partial charge in [0.05, 0.1) is 0 Å². The van der Waals surface area contributed by atoms with Gasteiger partial charge in [-0.2, -0.15) is 5.92 Å². The summed E-state index contributed by atoms with van der Waals surface area (Å²) in [5.74, 6) is 1.33. The first kappa shape index (κ1) is 9.96. The van der Waals surface area contributed by atoms with E-state index in [0.29, 0.717) is 11.8 Å². The van der Waals surface area contributed by atoms with Crippen LogP contribution < -0.4 is 5.73 Å². The van der Waals surface area contributed by atoms with Gasteiger partial charge in [-0.3, -0.25) is 6.54 Å². The lowest BCUT2D eigenvalue weighted by Gasteiger charge is -2.26. The van der Waals surface area contributed by atoms with Crippen LogP contribution in [0.1, 0.15) is 40.0 Å². The lowest BCUT2D eigenvalue weighted by Crippen LogP contribution is -2.14. The molecule has 1 heteroatoms. The molecule has 0 aromatic carbocycles. The molecule has 0 aromatic rings. The van der Waals surface area contributed by atoms with Gasteiger partial charge in [-0.15, -0.1) is 0 Å². The van der Waals surface area contributed by atoms with Crippen molar-refractivity contribution in [3.8, 4) is 0 Å². The van der Waals surface area contributed by atoms with Gasteiger partial charge in [0.25, 0.3) is 0 Å². The molecule has 1 nitrogen and oxygen atoms in total. The molecule has 0 bridgehead atoms. The number of hydrogen-bond acceptors (Lipinski definition) is 1. The first-order chi connectivity index (χ1) is 4.72. The molecule has 0 aliphatic heterocycles. The fourth-order valence-electron chi connectivity index (χ4n) is 1.09. The van der Waals surface area contributed by atoms with Crippen LogP contribution in [-0.4, -0.2) is 0 Å². The molecular weight excluding hydrogens is 122 g/mol. The van der Waals surface area contributed by atoms with Crippen LogP contribution in [0.25, 0.3) is 0 Å². The topological polar surface area (TPSA) is 26.0 Å². The SMILES string of the molecule is CCCCC([CH-]N)C(C)C. The zero-order chi connectivity index (χ0) is 7.98. The molecule has 0 aliphatic carbocycles. The highest BCUT2D eigenvalue weighted by molar-refractivity contribution is 4.72. The van der Waals surface area contributed by atoms with E-state index in [9.17, 15) is 0 Å². The summed E-state index contributed by atoms with van der Waals surface area (Å²) in [5, 5.41) is 0. The van der Waals surface area contributed by atoms with Crippen molar-refractivity contribution in [2.24, 2.45) is 17.6 Å². The minimum absolute atomic E-state index is 0.625. The highest BCUT2D eigenvalue weighted by atomic mass is 14.5. The van der Waals surface area contributed by atoms with Gasteiger partial charge in [0.15, 0.2) is 0 Å². The summed E-state index contributed by atoms with van der Waals surface area (Å²) in [7, 11) is 0. The molecule has 0 heterocycles. The van der Waals surface area contributed by atoms with Crippen LogP contribution >= 0.6 is 0 Å². The van der Waals surface area contributed by atoms with Gasteiger partial charge >= 0.3 is 0 Å². The molecule has 0 saturated heterocycles. The summed E-state index contributed by atoms with van der Waals surface area (Å²) in [6, 6.07) is 0. The smallest absolute Gasteiger partial charge is 0.0557 e. The second kappa shape index (κ2) is 5.72. The summed E-state index contributed by atoms with van der Waals surface area (Å²) >= 11 is 0. The Morgan fingerprint density at radius 2 is 2.00 bits per heavy atom. The molecule has 0 saturated carbocycles. The molecule has 1 unspecified atom stereocenters. The van der Waals surface area contributed by atoms with Crippen LogP contribution in [0.5, 0.6) is 0 Å². The summed E-state index contributed by atoms with van der Waals surface area (Å²) < 4.78 is 0. The third-order valence-electron chi connectivity index (χ3n) is 1.99. The Bertz CT molecular complexity index is 69.1. The fourth-order valence-corrected chi connectivity index (χ4v) is 1.09. The second-order valence-corrected chi connectivity index (χ2v) is 3.24. The molecule has 0 aliphatic rings. The Labute approximate surface area is 65.0 Å². The average Bonchev–Trinajstić information content (AvgIpc) is 1.89. The van der Waals surface area contributed by atoms with E-state index in [2.05, 4.69) is 20.8 Å². The Balaban J connectivity index is 3.40.